The van der Waals surface area contributed by atoms with Crippen molar-refractivity contribution in [2.45, 2.75) is 0 Å². The van der Waals surface area contributed by atoms with E-state index in [9.17, 15) is 0 Å². The number of aromatic nitrogens is 1. The molecule has 0 bridgehead atoms. The van der Waals surface area contributed by atoms with Gasteiger partial charge in [0.05, 0.1) is 5.52 Å². The van der Waals surface area contributed by atoms with Crippen molar-refractivity contribution in [3.8, 4) is 5.69 Å². The zero-order valence-corrected chi connectivity index (χ0v) is 12.6. The monoisotopic (exact) mass is 397 g/mol. The first-order chi connectivity index (χ1) is 8.24. The SMILES string of the molecule is Brc1ccc2ccn(-c3cccc(I)c3)c2c1. The fourth-order valence-electron chi connectivity index (χ4n) is 1.95. The molecule has 17 heavy (non-hydrogen) atoms. The summed E-state index contributed by atoms with van der Waals surface area (Å²) in [5.74, 6) is 0. The summed E-state index contributed by atoms with van der Waals surface area (Å²) in [7, 11) is 0. The van der Waals surface area contributed by atoms with E-state index in [-0.39, 0.29) is 0 Å². The summed E-state index contributed by atoms with van der Waals surface area (Å²) in [5, 5.41) is 1.26. The Hall–Kier alpha value is -0.810. The molecular formula is C14H9BrIN. The van der Waals surface area contributed by atoms with Crippen molar-refractivity contribution in [3.63, 3.8) is 0 Å². The molecule has 1 nitrogen and oxygen atoms in total. The molecule has 1 heterocycles. The van der Waals surface area contributed by atoms with E-state index in [1.807, 2.05) is 0 Å². The zero-order chi connectivity index (χ0) is 11.8. The van der Waals surface area contributed by atoms with Gasteiger partial charge in [-0.25, -0.2) is 0 Å². The molecular weight excluding hydrogens is 389 g/mol. The number of hydrogen-bond acceptors (Lipinski definition) is 0. The van der Waals surface area contributed by atoms with Crippen LogP contribution in [0.1, 0.15) is 0 Å². The second kappa shape index (κ2) is 4.46. The van der Waals surface area contributed by atoms with E-state index in [1.54, 1.807) is 0 Å². The maximum Gasteiger partial charge on any atom is 0.0539 e. The number of fused-ring (bicyclic) bond motifs is 1. The molecule has 84 valence electrons. The molecule has 3 rings (SSSR count). The summed E-state index contributed by atoms with van der Waals surface area (Å²) >= 11 is 5.86. The van der Waals surface area contributed by atoms with Gasteiger partial charge >= 0.3 is 0 Å². The van der Waals surface area contributed by atoms with Crippen LogP contribution in [0.4, 0.5) is 0 Å². The second-order valence-corrected chi connectivity index (χ2v) is 6.03. The summed E-state index contributed by atoms with van der Waals surface area (Å²) in [6.45, 7) is 0. The van der Waals surface area contributed by atoms with Crippen molar-refractivity contribution in [2.24, 2.45) is 0 Å². The van der Waals surface area contributed by atoms with Crippen LogP contribution in [0.15, 0.2) is 59.2 Å². The fraction of sp³-hybridized carbons (Fsp3) is 0. The first kappa shape index (κ1) is 11.3. The minimum Gasteiger partial charge on any atom is -0.316 e. The molecule has 0 unspecified atom stereocenters. The Morgan fingerprint density at radius 2 is 1.88 bits per heavy atom. The molecule has 0 radical (unpaired) electrons. The highest BCUT2D eigenvalue weighted by atomic mass is 127. The van der Waals surface area contributed by atoms with Crippen LogP contribution in [-0.4, -0.2) is 4.57 Å². The molecule has 0 N–H and O–H groups in total. The standard InChI is InChI=1S/C14H9BrIN/c15-11-5-4-10-6-7-17(14(10)8-11)13-3-1-2-12(16)9-13/h1-9H. The van der Waals surface area contributed by atoms with Gasteiger partial charge in [-0.2, -0.15) is 0 Å². The Morgan fingerprint density at radius 3 is 2.71 bits per heavy atom. The maximum absolute atomic E-state index is 3.52. The van der Waals surface area contributed by atoms with Gasteiger partial charge in [-0.15, -0.1) is 0 Å². The van der Waals surface area contributed by atoms with E-state index < -0.39 is 0 Å². The van der Waals surface area contributed by atoms with Gasteiger partial charge in [-0.1, -0.05) is 28.1 Å². The average Bonchev–Trinajstić information content (AvgIpc) is 2.71. The smallest absolute Gasteiger partial charge is 0.0539 e. The van der Waals surface area contributed by atoms with E-state index in [2.05, 4.69) is 97.8 Å². The lowest BCUT2D eigenvalue weighted by atomic mass is 10.2. The Balaban J connectivity index is 2.27. The molecule has 0 atom stereocenters. The molecule has 0 aliphatic carbocycles. The number of benzene rings is 2. The van der Waals surface area contributed by atoms with Crippen molar-refractivity contribution < 1.29 is 0 Å². The minimum atomic E-state index is 1.11. The lowest BCUT2D eigenvalue weighted by Crippen LogP contribution is -1.91. The summed E-state index contributed by atoms with van der Waals surface area (Å²) in [4.78, 5) is 0. The Labute approximate surface area is 122 Å². The molecule has 3 heteroatoms. The van der Waals surface area contributed by atoms with Crippen LogP contribution in [-0.2, 0) is 0 Å². The van der Waals surface area contributed by atoms with E-state index in [0.29, 0.717) is 0 Å². The Kier molecular flexibility index (Phi) is 2.96. The highest BCUT2D eigenvalue weighted by Gasteiger charge is 2.03. The third-order valence-electron chi connectivity index (χ3n) is 2.74. The third-order valence-corrected chi connectivity index (χ3v) is 3.91. The van der Waals surface area contributed by atoms with Crippen LogP contribution in [0.2, 0.25) is 0 Å². The molecule has 0 saturated carbocycles. The Morgan fingerprint density at radius 1 is 1.00 bits per heavy atom. The molecule has 3 aromatic rings. The van der Waals surface area contributed by atoms with Gasteiger partial charge in [0.15, 0.2) is 0 Å². The lowest BCUT2D eigenvalue weighted by Gasteiger charge is -2.06. The van der Waals surface area contributed by atoms with Gasteiger partial charge in [0, 0.05) is 25.3 Å². The molecule has 0 spiro atoms. The topological polar surface area (TPSA) is 4.93 Å². The minimum absolute atomic E-state index is 1.11. The van der Waals surface area contributed by atoms with Crippen LogP contribution in [0.3, 0.4) is 0 Å². The number of rotatable bonds is 1. The number of hydrogen-bond donors (Lipinski definition) is 0. The van der Waals surface area contributed by atoms with Crippen LogP contribution in [0.25, 0.3) is 16.6 Å². The van der Waals surface area contributed by atoms with Gasteiger partial charge in [0.25, 0.3) is 0 Å². The van der Waals surface area contributed by atoms with E-state index in [1.165, 1.54) is 20.2 Å². The van der Waals surface area contributed by atoms with Crippen molar-refractivity contribution >= 4 is 49.4 Å². The van der Waals surface area contributed by atoms with E-state index >= 15 is 0 Å². The Bertz CT molecular complexity index is 688. The quantitative estimate of drug-likeness (QED) is 0.509. The maximum atomic E-state index is 3.52. The summed E-state index contributed by atoms with van der Waals surface area (Å²) in [6.07, 6.45) is 2.11. The van der Waals surface area contributed by atoms with Gasteiger partial charge in [0.1, 0.15) is 0 Å². The lowest BCUT2D eigenvalue weighted by molar-refractivity contribution is 1.12. The molecule has 0 aliphatic heterocycles. The van der Waals surface area contributed by atoms with E-state index in [4.69, 9.17) is 0 Å². The van der Waals surface area contributed by atoms with Crippen molar-refractivity contribution in [2.75, 3.05) is 0 Å². The fourth-order valence-corrected chi connectivity index (χ4v) is 2.83. The normalized spacial score (nSPS) is 10.9. The van der Waals surface area contributed by atoms with Gasteiger partial charge in [0.2, 0.25) is 0 Å². The summed E-state index contributed by atoms with van der Waals surface area (Å²) in [6, 6.07) is 17.0. The van der Waals surface area contributed by atoms with Gasteiger partial charge < -0.3 is 4.57 Å². The van der Waals surface area contributed by atoms with Crippen molar-refractivity contribution in [1.82, 2.24) is 4.57 Å². The first-order valence-corrected chi connectivity index (χ1v) is 7.14. The van der Waals surface area contributed by atoms with Crippen molar-refractivity contribution in [3.05, 3.63) is 62.8 Å². The average molecular weight is 398 g/mol. The van der Waals surface area contributed by atoms with Crippen LogP contribution < -0.4 is 0 Å². The molecule has 0 fully saturated rings. The van der Waals surface area contributed by atoms with Crippen LogP contribution >= 0.6 is 38.5 Å². The molecule has 1 aromatic heterocycles. The largest absolute Gasteiger partial charge is 0.316 e. The number of halogens is 2. The van der Waals surface area contributed by atoms with Gasteiger partial charge in [-0.05, 0) is 59.0 Å². The van der Waals surface area contributed by atoms with Gasteiger partial charge in [-0.3, -0.25) is 0 Å². The highest BCUT2D eigenvalue weighted by Crippen LogP contribution is 2.24. The predicted molar refractivity (Wildman–Crippen MR) is 83.7 cm³/mol. The van der Waals surface area contributed by atoms with Crippen LogP contribution in [0, 0.1) is 3.57 Å². The number of nitrogens with zero attached hydrogens (tertiary/aromatic N) is 1. The zero-order valence-electron chi connectivity index (χ0n) is 8.90. The highest BCUT2D eigenvalue weighted by molar-refractivity contribution is 14.1. The first-order valence-electron chi connectivity index (χ1n) is 5.26. The predicted octanol–water partition coefficient (Wildman–Crippen LogP) is 5.00. The summed E-state index contributed by atoms with van der Waals surface area (Å²) < 4.78 is 4.56. The third kappa shape index (κ3) is 2.13. The molecule has 0 aliphatic rings. The van der Waals surface area contributed by atoms with Crippen molar-refractivity contribution in [1.29, 1.82) is 0 Å². The van der Waals surface area contributed by atoms with Crippen LogP contribution in [0.5, 0.6) is 0 Å². The second-order valence-electron chi connectivity index (χ2n) is 3.87. The van der Waals surface area contributed by atoms with E-state index in [0.717, 1.165) is 4.47 Å². The molecule has 0 saturated heterocycles. The summed E-state index contributed by atoms with van der Waals surface area (Å²) in [5.41, 5.74) is 2.42. The molecule has 0 amide bonds. The molecule has 2 aromatic carbocycles.